The number of nitrogens with zero attached hydrogens (tertiary/aromatic N) is 2. The molecule has 0 spiro atoms. The van der Waals surface area contributed by atoms with Crippen molar-refractivity contribution < 1.29 is 18.0 Å². The van der Waals surface area contributed by atoms with E-state index in [1.165, 1.54) is 7.05 Å². The Balaban J connectivity index is 1.67. The lowest BCUT2D eigenvalue weighted by Gasteiger charge is -2.37. The van der Waals surface area contributed by atoms with Crippen LogP contribution in [0.5, 0.6) is 0 Å². The minimum absolute atomic E-state index is 0.0250. The zero-order chi connectivity index (χ0) is 16.7. The second-order valence-corrected chi connectivity index (χ2v) is 6.48. The summed E-state index contributed by atoms with van der Waals surface area (Å²) in [6, 6.07) is 1.18. The smallest absolute Gasteiger partial charge is 0.350 e. The number of carbonyl (C=O) groups is 1. The second-order valence-electron chi connectivity index (χ2n) is 6.48. The number of rotatable bonds is 3. The Morgan fingerprint density at radius 1 is 1.48 bits per heavy atom. The Labute approximate surface area is 132 Å². The van der Waals surface area contributed by atoms with Crippen molar-refractivity contribution in [1.29, 1.82) is 0 Å². The summed E-state index contributed by atoms with van der Waals surface area (Å²) in [4.78, 5) is 12.7. The van der Waals surface area contributed by atoms with E-state index in [4.69, 9.17) is 0 Å². The number of carbonyl (C=O) groups excluding carboxylic acids is 1. The standard InChI is InChI=1S/C15H21F3N4O/c1-22-12(15(16,17)18)8-10(21-22)9-20-13(23)14-5-3-2-4-11(14)19-7-6-14/h8,11,19H,2-7,9H2,1H3,(H,20,23)/t11-,14+/m0/s1. The number of halogens is 3. The maximum Gasteiger partial charge on any atom is 0.433 e. The Hall–Kier alpha value is -1.57. The first kappa shape index (κ1) is 16.3. The van der Waals surface area contributed by atoms with Crippen LogP contribution in [0.15, 0.2) is 6.07 Å². The van der Waals surface area contributed by atoms with E-state index in [2.05, 4.69) is 15.7 Å². The van der Waals surface area contributed by atoms with E-state index in [-0.39, 0.29) is 24.2 Å². The maximum atomic E-state index is 12.8. The lowest BCUT2D eigenvalue weighted by atomic mass is 9.70. The molecule has 0 unspecified atom stereocenters. The highest BCUT2D eigenvalue weighted by Crippen LogP contribution is 2.43. The van der Waals surface area contributed by atoms with E-state index >= 15 is 0 Å². The first-order valence-corrected chi connectivity index (χ1v) is 7.95. The van der Waals surface area contributed by atoms with Crippen molar-refractivity contribution in [3.05, 3.63) is 17.5 Å². The van der Waals surface area contributed by atoms with Gasteiger partial charge < -0.3 is 10.6 Å². The molecule has 3 rings (SSSR count). The minimum Gasteiger partial charge on any atom is -0.350 e. The quantitative estimate of drug-likeness (QED) is 0.891. The van der Waals surface area contributed by atoms with Crippen LogP contribution < -0.4 is 10.6 Å². The summed E-state index contributed by atoms with van der Waals surface area (Å²) in [6.45, 7) is 0.844. The van der Waals surface area contributed by atoms with Gasteiger partial charge in [-0.25, -0.2) is 0 Å². The van der Waals surface area contributed by atoms with Crippen LogP contribution >= 0.6 is 0 Å². The van der Waals surface area contributed by atoms with Crippen LogP contribution in [0.4, 0.5) is 13.2 Å². The fraction of sp³-hybridized carbons (Fsp3) is 0.733. The van der Waals surface area contributed by atoms with Gasteiger partial charge in [-0.3, -0.25) is 9.48 Å². The van der Waals surface area contributed by atoms with Crippen molar-refractivity contribution in [2.45, 2.75) is 50.9 Å². The van der Waals surface area contributed by atoms with Crippen LogP contribution in [-0.4, -0.2) is 28.3 Å². The van der Waals surface area contributed by atoms with Crippen molar-refractivity contribution in [2.24, 2.45) is 12.5 Å². The average molecular weight is 330 g/mol. The molecule has 0 bridgehead atoms. The van der Waals surface area contributed by atoms with Gasteiger partial charge in [0, 0.05) is 13.1 Å². The van der Waals surface area contributed by atoms with Crippen molar-refractivity contribution in [3.8, 4) is 0 Å². The third kappa shape index (κ3) is 2.96. The van der Waals surface area contributed by atoms with Crippen molar-refractivity contribution in [2.75, 3.05) is 6.54 Å². The third-order valence-electron chi connectivity index (χ3n) is 5.10. The Bertz CT molecular complexity index is 598. The van der Waals surface area contributed by atoms with Crippen LogP contribution in [0, 0.1) is 5.41 Å². The second kappa shape index (κ2) is 5.81. The zero-order valence-corrected chi connectivity index (χ0v) is 13.0. The summed E-state index contributed by atoms with van der Waals surface area (Å²) in [7, 11) is 1.25. The van der Waals surface area contributed by atoms with Crippen LogP contribution in [-0.2, 0) is 24.6 Å². The molecule has 0 radical (unpaired) electrons. The molecule has 1 aliphatic carbocycles. The molecule has 8 heteroatoms. The van der Waals surface area contributed by atoms with E-state index in [1.54, 1.807) is 0 Å². The highest BCUT2D eigenvalue weighted by molar-refractivity contribution is 5.84. The molecule has 5 nitrogen and oxygen atoms in total. The molecule has 0 aromatic carbocycles. The molecule has 128 valence electrons. The monoisotopic (exact) mass is 330 g/mol. The summed E-state index contributed by atoms with van der Waals surface area (Å²) in [5, 5.41) is 10.0. The molecule has 1 saturated carbocycles. The molecule has 1 saturated heterocycles. The highest BCUT2D eigenvalue weighted by atomic mass is 19.4. The number of fused-ring (bicyclic) bond motifs is 1. The summed E-state index contributed by atoms with van der Waals surface area (Å²) < 4.78 is 39.1. The SMILES string of the molecule is Cn1nc(CNC(=O)[C@@]23CCCC[C@@H]2NCC3)cc1C(F)(F)F. The number of alkyl halides is 3. The van der Waals surface area contributed by atoms with Gasteiger partial charge in [0.1, 0.15) is 5.69 Å². The fourth-order valence-electron chi connectivity index (χ4n) is 3.92. The van der Waals surface area contributed by atoms with Crippen molar-refractivity contribution in [1.82, 2.24) is 20.4 Å². The molecule has 2 fully saturated rings. The topological polar surface area (TPSA) is 59.0 Å². The van der Waals surface area contributed by atoms with Crippen LogP contribution in [0.3, 0.4) is 0 Å². The number of hydrogen-bond donors (Lipinski definition) is 2. The molecule has 1 amide bonds. The van der Waals surface area contributed by atoms with Gasteiger partial charge in [-0.05, 0) is 31.9 Å². The molecule has 2 heterocycles. The summed E-state index contributed by atoms with van der Waals surface area (Å²) in [6.07, 6.45) is 0.309. The molecule has 2 N–H and O–H groups in total. The van der Waals surface area contributed by atoms with Crippen molar-refractivity contribution >= 4 is 5.91 Å². The van der Waals surface area contributed by atoms with Gasteiger partial charge in [-0.15, -0.1) is 0 Å². The highest BCUT2D eigenvalue weighted by Gasteiger charge is 2.49. The van der Waals surface area contributed by atoms with Crippen LogP contribution in [0.1, 0.15) is 43.5 Å². The minimum atomic E-state index is -4.44. The van der Waals surface area contributed by atoms with Gasteiger partial charge >= 0.3 is 6.18 Å². The summed E-state index contributed by atoms with van der Waals surface area (Å²) >= 11 is 0. The lowest BCUT2D eigenvalue weighted by Crippen LogP contribution is -2.50. The first-order chi connectivity index (χ1) is 10.8. The molecule has 1 aromatic heterocycles. The first-order valence-electron chi connectivity index (χ1n) is 7.95. The van der Waals surface area contributed by atoms with E-state index in [9.17, 15) is 18.0 Å². The number of amides is 1. The lowest BCUT2D eigenvalue weighted by molar-refractivity contribution is -0.143. The molecule has 1 aliphatic heterocycles. The molecular formula is C15H21F3N4O. The van der Waals surface area contributed by atoms with Crippen LogP contribution in [0.2, 0.25) is 0 Å². The largest absolute Gasteiger partial charge is 0.433 e. The summed E-state index contributed by atoms with van der Waals surface area (Å²) in [5.74, 6) is -0.0635. The number of nitrogens with one attached hydrogen (secondary N) is 2. The molecule has 2 atom stereocenters. The maximum absolute atomic E-state index is 12.8. The van der Waals surface area contributed by atoms with E-state index in [0.717, 1.165) is 49.4 Å². The van der Waals surface area contributed by atoms with E-state index in [1.807, 2.05) is 0 Å². The number of aromatic nitrogens is 2. The van der Waals surface area contributed by atoms with Gasteiger partial charge in [-0.2, -0.15) is 18.3 Å². The van der Waals surface area contributed by atoms with Gasteiger partial charge in [0.05, 0.1) is 17.7 Å². The van der Waals surface area contributed by atoms with Gasteiger partial charge in [0.2, 0.25) is 5.91 Å². The Kier molecular flexibility index (Phi) is 4.12. The molecular weight excluding hydrogens is 309 g/mol. The predicted molar refractivity (Wildman–Crippen MR) is 77.4 cm³/mol. The van der Waals surface area contributed by atoms with Gasteiger partial charge in [0.15, 0.2) is 0 Å². The number of aryl methyl sites for hydroxylation is 1. The fourth-order valence-corrected chi connectivity index (χ4v) is 3.92. The van der Waals surface area contributed by atoms with Gasteiger partial charge in [0.25, 0.3) is 0 Å². The summed E-state index contributed by atoms with van der Waals surface area (Å²) in [5.41, 5.74) is -0.985. The third-order valence-corrected chi connectivity index (χ3v) is 5.10. The molecule has 23 heavy (non-hydrogen) atoms. The Morgan fingerprint density at radius 2 is 2.26 bits per heavy atom. The van der Waals surface area contributed by atoms with E-state index in [0.29, 0.717) is 0 Å². The van der Waals surface area contributed by atoms with Crippen LogP contribution in [0.25, 0.3) is 0 Å². The van der Waals surface area contributed by atoms with Gasteiger partial charge in [-0.1, -0.05) is 12.8 Å². The normalized spacial score (nSPS) is 27.7. The van der Waals surface area contributed by atoms with E-state index < -0.39 is 17.3 Å². The van der Waals surface area contributed by atoms with Crippen molar-refractivity contribution in [3.63, 3.8) is 0 Å². The average Bonchev–Trinajstić information content (AvgIpc) is 3.08. The molecule has 2 aliphatic rings. The number of hydrogen-bond acceptors (Lipinski definition) is 3. The molecule has 1 aromatic rings. The zero-order valence-electron chi connectivity index (χ0n) is 13.0. The Morgan fingerprint density at radius 3 is 2.96 bits per heavy atom. The predicted octanol–water partition coefficient (Wildman–Crippen LogP) is 1.98.